The number of hydrogen-bond acceptors (Lipinski definition) is 4. The summed E-state index contributed by atoms with van der Waals surface area (Å²) in [5.74, 6) is 1.78. The summed E-state index contributed by atoms with van der Waals surface area (Å²) in [6, 6.07) is 0.571. The molecule has 7 heteroatoms. The van der Waals surface area contributed by atoms with E-state index in [9.17, 15) is 4.79 Å². The lowest BCUT2D eigenvalue weighted by Gasteiger charge is -2.24. The molecule has 0 aromatic rings. The second kappa shape index (κ2) is 10.7. The molecule has 0 radical (unpaired) electrons. The highest BCUT2D eigenvalue weighted by atomic mass is 32.2. The van der Waals surface area contributed by atoms with Crippen LogP contribution in [-0.2, 0) is 4.79 Å². The van der Waals surface area contributed by atoms with Gasteiger partial charge < -0.3 is 15.5 Å². The molecule has 1 rings (SSSR count). The maximum absolute atomic E-state index is 11.7. The summed E-state index contributed by atoms with van der Waals surface area (Å²) in [6.07, 6.45) is 4.58. The van der Waals surface area contributed by atoms with Gasteiger partial charge in [0, 0.05) is 39.0 Å². The fourth-order valence-corrected chi connectivity index (χ4v) is 2.80. The van der Waals surface area contributed by atoms with Gasteiger partial charge in [0.05, 0.1) is 0 Å². The maximum atomic E-state index is 11.7. The Morgan fingerprint density at radius 3 is 2.82 bits per heavy atom. The minimum absolute atomic E-state index is 0.0158. The van der Waals surface area contributed by atoms with E-state index >= 15 is 0 Å². The van der Waals surface area contributed by atoms with Gasteiger partial charge in [-0.3, -0.25) is 9.69 Å². The number of rotatable bonds is 8. The first-order valence-electron chi connectivity index (χ1n) is 8.03. The van der Waals surface area contributed by atoms with Crippen LogP contribution in [-0.4, -0.2) is 86.5 Å². The maximum Gasteiger partial charge on any atom is 0.243 e. The van der Waals surface area contributed by atoms with Crippen LogP contribution in [0.4, 0.5) is 0 Å². The number of carbonyl (C=O) groups is 1. The number of carbonyl (C=O) groups excluding carboxylic acids is 1. The van der Waals surface area contributed by atoms with E-state index < -0.39 is 0 Å². The van der Waals surface area contributed by atoms with E-state index in [1.54, 1.807) is 30.8 Å². The molecular formula is C15H31N5OS. The zero-order valence-electron chi connectivity index (χ0n) is 14.4. The van der Waals surface area contributed by atoms with Crippen molar-refractivity contribution in [1.29, 1.82) is 0 Å². The van der Waals surface area contributed by atoms with Gasteiger partial charge in [0.1, 0.15) is 6.54 Å². The second-order valence-corrected chi connectivity index (χ2v) is 6.66. The molecule has 22 heavy (non-hydrogen) atoms. The van der Waals surface area contributed by atoms with Crippen molar-refractivity contribution >= 4 is 23.6 Å². The normalized spacial score (nSPS) is 19.3. The van der Waals surface area contributed by atoms with Gasteiger partial charge in [0.2, 0.25) is 5.91 Å². The molecule has 1 atom stereocenters. The summed E-state index contributed by atoms with van der Waals surface area (Å²) in [7, 11) is 3.51. The highest BCUT2D eigenvalue weighted by molar-refractivity contribution is 7.98. The lowest BCUT2D eigenvalue weighted by molar-refractivity contribution is -0.127. The largest absolute Gasteiger partial charge is 0.356 e. The molecule has 0 aromatic carbocycles. The first-order valence-corrected chi connectivity index (χ1v) is 9.43. The number of nitrogens with zero attached hydrogens (tertiary/aromatic N) is 3. The summed E-state index contributed by atoms with van der Waals surface area (Å²) in [4.78, 5) is 20.2. The standard InChI is InChI=1S/C15H31N5OS/c1-5-20-9-6-7-13(20)11-17-15(16-8-10-22-4)18-12-14(21)19(2)3/h13H,5-12H2,1-4H3,(H2,16,17,18). The molecular weight excluding hydrogens is 298 g/mol. The molecule has 0 bridgehead atoms. The van der Waals surface area contributed by atoms with Gasteiger partial charge in [-0.25, -0.2) is 4.99 Å². The zero-order valence-corrected chi connectivity index (χ0v) is 15.2. The van der Waals surface area contributed by atoms with Gasteiger partial charge in [-0.1, -0.05) is 6.92 Å². The lowest BCUT2D eigenvalue weighted by Crippen LogP contribution is -2.45. The SMILES string of the molecule is CCN1CCCC1CNC(=NCC(=O)N(C)C)NCCSC. The van der Waals surface area contributed by atoms with Crippen LogP contribution in [0.3, 0.4) is 0 Å². The van der Waals surface area contributed by atoms with Crippen LogP contribution < -0.4 is 10.6 Å². The third-order valence-corrected chi connectivity index (χ3v) is 4.49. The van der Waals surface area contributed by atoms with Gasteiger partial charge in [0.25, 0.3) is 0 Å². The number of hydrogen-bond donors (Lipinski definition) is 2. The predicted molar refractivity (Wildman–Crippen MR) is 95.7 cm³/mol. The Morgan fingerprint density at radius 2 is 2.18 bits per heavy atom. The first-order chi connectivity index (χ1) is 10.6. The summed E-state index contributed by atoms with van der Waals surface area (Å²) in [5, 5.41) is 6.70. The van der Waals surface area contributed by atoms with Crippen LogP contribution in [0.2, 0.25) is 0 Å². The Balaban J connectivity index is 2.49. The molecule has 1 saturated heterocycles. The average molecular weight is 330 g/mol. The van der Waals surface area contributed by atoms with Crippen molar-refractivity contribution in [2.45, 2.75) is 25.8 Å². The molecule has 0 aromatic heterocycles. The molecule has 1 aliphatic heterocycles. The third kappa shape index (κ3) is 6.87. The van der Waals surface area contributed by atoms with Crippen molar-refractivity contribution in [3.8, 4) is 0 Å². The van der Waals surface area contributed by atoms with E-state index in [4.69, 9.17) is 0 Å². The molecule has 0 aliphatic carbocycles. The van der Waals surface area contributed by atoms with Gasteiger partial charge in [0.15, 0.2) is 5.96 Å². The van der Waals surface area contributed by atoms with E-state index in [1.165, 1.54) is 19.4 Å². The number of guanidine groups is 1. The first kappa shape index (κ1) is 19.1. The highest BCUT2D eigenvalue weighted by Gasteiger charge is 2.22. The molecule has 6 nitrogen and oxygen atoms in total. The molecule has 0 saturated carbocycles. The summed E-state index contributed by atoms with van der Waals surface area (Å²) >= 11 is 1.79. The second-order valence-electron chi connectivity index (χ2n) is 5.68. The minimum Gasteiger partial charge on any atom is -0.356 e. The predicted octanol–water partition coefficient (Wildman–Crippen LogP) is 0.457. The molecule has 128 valence electrons. The summed E-state index contributed by atoms with van der Waals surface area (Å²) in [6.45, 7) is 6.41. The fourth-order valence-electron chi connectivity index (χ4n) is 2.49. The molecule has 1 aliphatic rings. The fraction of sp³-hybridized carbons (Fsp3) is 0.867. The molecule has 2 N–H and O–H groups in total. The Morgan fingerprint density at radius 1 is 1.41 bits per heavy atom. The van der Waals surface area contributed by atoms with Crippen LogP contribution >= 0.6 is 11.8 Å². The van der Waals surface area contributed by atoms with Crippen molar-refractivity contribution in [2.75, 3.05) is 58.8 Å². The van der Waals surface area contributed by atoms with E-state index in [0.29, 0.717) is 6.04 Å². The Bertz CT molecular complexity index is 362. The zero-order chi connectivity index (χ0) is 16.4. The van der Waals surface area contributed by atoms with Gasteiger partial charge in [-0.05, 0) is 32.2 Å². The van der Waals surface area contributed by atoms with Crippen molar-refractivity contribution in [3.63, 3.8) is 0 Å². The topological polar surface area (TPSA) is 60.0 Å². The van der Waals surface area contributed by atoms with Crippen molar-refractivity contribution in [3.05, 3.63) is 0 Å². The third-order valence-electron chi connectivity index (χ3n) is 3.88. The Hall–Kier alpha value is -0.950. The Kier molecular flexibility index (Phi) is 9.31. The van der Waals surface area contributed by atoms with Crippen molar-refractivity contribution < 1.29 is 4.79 Å². The van der Waals surface area contributed by atoms with Crippen molar-refractivity contribution in [1.82, 2.24) is 20.4 Å². The molecule has 0 spiro atoms. The van der Waals surface area contributed by atoms with Crippen LogP contribution in [0.5, 0.6) is 0 Å². The number of likely N-dealkylation sites (N-methyl/N-ethyl adjacent to an activating group) is 2. The van der Waals surface area contributed by atoms with Crippen LogP contribution in [0.25, 0.3) is 0 Å². The minimum atomic E-state index is 0.0158. The highest BCUT2D eigenvalue weighted by Crippen LogP contribution is 2.15. The quantitative estimate of drug-likeness (QED) is 0.385. The van der Waals surface area contributed by atoms with E-state index in [-0.39, 0.29) is 12.5 Å². The smallest absolute Gasteiger partial charge is 0.243 e. The van der Waals surface area contributed by atoms with Crippen LogP contribution in [0, 0.1) is 0 Å². The average Bonchev–Trinajstić information content (AvgIpc) is 2.96. The van der Waals surface area contributed by atoms with E-state index in [1.807, 2.05) is 0 Å². The van der Waals surface area contributed by atoms with E-state index in [0.717, 1.165) is 31.3 Å². The van der Waals surface area contributed by atoms with Gasteiger partial charge in [-0.15, -0.1) is 0 Å². The van der Waals surface area contributed by atoms with Gasteiger partial charge >= 0.3 is 0 Å². The monoisotopic (exact) mass is 329 g/mol. The number of amides is 1. The molecule has 1 unspecified atom stereocenters. The van der Waals surface area contributed by atoms with Gasteiger partial charge in [-0.2, -0.15) is 11.8 Å². The molecule has 1 fully saturated rings. The number of nitrogens with one attached hydrogen (secondary N) is 2. The summed E-state index contributed by atoms with van der Waals surface area (Å²) < 4.78 is 0. The van der Waals surface area contributed by atoms with Crippen LogP contribution in [0.1, 0.15) is 19.8 Å². The number of likely N-dealkylation sites (tertiary alicyclic amines) is 1. The Labute approximate surface area is 139 Å². The molecule has 1 heterocycles. The van der Waals surface area contributed by atoms with E-state index in [2.05, 4.69) is 33.7 Å². The van der Waals surface area contributed by atoms with Crippen LogP contribution in [0.15, 0.2) is 4.99 Å². The lowest BCUT2D eigenvalue weighted by atomic mass is 10.2. The molecule has 1 amide bonds. The number of aliphatic imine (C=N–C) groups is 1. The van der Waals surface area contributed by atoms with Crippen molar-refractivity contribution in [2.24, 2.45) is 4.99 Å². The number of thioether (sulfide) groups is 1. The summed E-state index contributed by atoms with van der Waals surface area (Å²) in [5.41, 5.74) is 0.